The van der Waals surface area contributed by atoms with Crippen molar-refractivity contribution >= 4 is 26.0 Å². The largest absolute Gasteiger partial charge is 0.444 e. The molecular weight excluding hydrogens is 416 g/mol. The van der Waals surface area contributed by atoms with Gasteiger partial charge in [-0.1, -0.05) is 21.5 Å². The molecule has 0 saturated carbocycles. The molecule has 0 bridgehead atoms. The summed E-state index contributed by atoms with van der Waals surface area (Å²) in [6, 6.07) is 6.14. The van der Waals surface area contributed by atoms with Gasteiger partial charge in [0.25, 0.3) is 10.0 Å². The molecule has 1 aromatic heterocycles. The van der Waals surface area contributed by atoms with E-state index in [4.69, 9.17) is 4.74 Å². The molecule has 1 aromatic carbocycles. The van der Waals surface area contributed by atoms with E-state index in [0.29, 0.717) is 11.3 Å². The first-order valence-corrected chi connectivity index (χ1v) is 12.2. The van der Waals surface area contributed by atoms with E-state index >= 15 is 0 Å². The fourth-order valence-electron chi connectivity index (χ4n) is 2.73. The van der Waals surface area contributed by atoms with E-state index in [-0.39, 0.29) is 18.0 Å². The van der Waals surface area contributed by atoms with Crippen LogP contribution in [0.1, 0.15) is 37.6 Å². The van der Waals surface area contributed by atoms with Gasteiger partial charge in [-0.2, -0.15) is 17.6 Å². The first-order valence-electron chi connectivity index (χ1n) is 8.88. The summed E-state index contributed by atoms with van der Waals surface area (Å²) >= 11 is 0. The van der Waals surface area contributed by atoms with E-state index in [1.165, 1.54) is 29.5 Å². The Morgan fingerprint density at radius 3 is 2.31 bits per heavy atom. The molecule has 2 aromatic rings. The molecule has 2 heterocycles. The highest BCUT2D eigenvalue weighted by Gasteiger charge is 2.31. The Morgan fingerprint density at radius 1 is 1.14 bits per heavy atom. The monoisotopic (exact) mass is 440 g/mol. The highest BCUT2D eigenvalue weighted by Crippen LogP contribution is 2.25. The van der Waals surface area contributed by atoms with Crippen molar-refractivity contribution < 1.29 is 22.2 Å². The quantitative estimate of drug-likeness (QED) is 0.725. The first-order chi connectivity index (χ1) is 13.3. The van der Waals surface area contributed by atoms with Crippen LogP contribution in [0.3, 0.4) is 0 Å². The number of sulfonamides is 1. The van der Waals surface area contributed by atoms with Gasteiger partial charge in [0, 0.05) is 18.0 Å². The number of rotatable bonds is 3. The molecule has 1 unspecified atom stereocenters. The van der Waals surface area contributed by atoms with Crippen molar-refractivity contribution in [3.8, 4) is 0 Å². The van der Waals surface area contributed by atoms with E-state index in [1.807, 2.05) is 6.92 Å². The third-order valence-electron chi connectivity index (χ3n) is 4.11. The van der Waals surface area contributed by atoms with Crippen LogP contribution in [0.4, 0.5) is 4.79 Å². The summed E-state index contributed by atoms with van der Waals surface area (Å²) in [5.41, 5.74) is 1.50. The van der Waals surface area contributed by atoms with Crippen molar-refractivity contribution in [2.75, 3.05) is 6.26 Å². The number of hydrogen-bond acceptors (Lipinski definition) is 6. The van der Waals surface area contributed by atoms with Crippen molar-refractivity contribution in [1.82, 2.24) is 14.1 Å². The number of nitrogens with zero attached hydrogens (tertiary/aromatic N) is 4. The molecule has 11 heteroatoms. The second-order valence-electron chi connectivity index (χ2n) is 7.97. The minimum Gasteiger partial charge on any atom is -0.444 e. The summed E-state index contributed by atoms with van der Waals surface area (Å²) < 4.78 is 48.1. The minimum absolute atomic E-state index is 0.0338. The zero-order chi connectivity index (χ0) is 21.6. The molecule has 0 N–H and O–H groups in total. The van der Waals surface area contributed by atoms with E-state index in [9.17, 15) is 17.4 Å². The number of ether oxygens (including phenoxy) is 1. The number of aryl methyl sites for hydroxylation is 1. The summed E-state index contributed by atoms with van der Waals surface area (Å²) in [5.74, 6) is 0. The predicted molar refractivity (Wildman–Crippen MR) is 108 cm³/mol. The Balaban J connectivity index is 1.84. The Kier molecular flexibility index (Phi) is 5.24. The number of benzene rings is 1. The molecule has 0 spiro atoms. The van der Waals surface area contributed by atoms with Gasteiger partial charge in [-0.15, -0.1) is 0 Å². The van der Waals surface area contributed by atoms with Crippen LogP contribution >= 0.6 is 0 Å². The Morgan fingerprint density at radius 2 is 1.76 bits per heavy atom. The minimum atomic E-state index is -4.12. The molecule has 29 heavy (non-hydrogen) atoms. The Hall–Kier alpha value is -2.40. The second kappa shape index (κ2) is 7.13. The van der Waals surface area contributed by atoms with Crippen molar-refractivity contribution in [3.05, 3.63) is 47.3 Å². The molecule has 1 amide bonds. The zero-order valence-electron chi connectivity index (χ0n) is 16.9. The van der Waals surface area contributed by atoms with Crippen LogP contribution in [0.15, 0.2) is 39.1 Å². The fourth-order valence-corrected chi connectivity index (χ4v) is 5.85. The SMILES string of the molecule is Cc1ccc(S(=O)(=O)N=S(C)(=O)n2cc3c(n2)CN(C(=O)OC(C)(C)C)C3)cc1. The topological polar surface area (TPSA) is 111 Å². The molecular formula is C18H24N4O5S2. The number of amides is 1. The number of hydrogen-bond donors (Lipinski definition) is 0. The number of aromatic nitrogens is 2. The van der Waals surface area contributed by atoms with Crippen molar-refractivity contribution in [2.24, 2.45) is 3.77 Å². The van der Waals surface area contributed by atoms with Gasteiger partial charge in [0.15, 0.2) is 9.92 Å². The number of carbonyl (C=O) groups excluding carboxylic acids is 1. The van der Waals surface area contributed by atoms with Gasteiger partial charge in [0.2, 0.25) is 0 Å². The molecule has 1 atom stereocenters. The molecule has 1 aliphatic heterocycles. The summed E-state index contributed by atoms with van der Waals surface area (Å²) in [6.07, 6.45) is 2.22. The third-order valence-corrected chi connectivity index (χ3v) is 7.75. The van der Waals surface area contributed by atoms with Gasteiger partial charge >= 0.3 is 6.09 Å². The summed E-state index contributed by atoms with van der Waals surface area (Å²) in [7, 11) is -7.48. The smallest absolute Gasteiger partial charge is 0.410 e. The number of carbonyl (C=O) groups is 1. The van der Waals surface area contributed by atoms with Crippen LogP contribution in [0.2, 0.25) is 0 Å². The van der Waals surface area contributed by atoms with Crippen LogP contribution in [-0.4, -0.2) is 44.7 Å². The Bertz CT molecular complexity index is 1140. The molecule has 9 nitrogen and oxygen atoms in total. The molecule has 0 saturated heterocycles. The van der Waals surface area contributed by atoms with Gasteiger partial charge < -0.3 is 4.74 Å². The van der Waals surface area contributed by atoms with Crippen LogP contribution in [-0.2, 0) is 37.8 Å². The van der Waals surface area contributed by atoms with E-state index in [0.717, 1.165) is 9.65 Å². The average Bonchev–Trinajstić information content (AvgIpc) is 3.11. The molecule has 1 aliphatic rings. The van der Waals surface area contributed by atoms with Crippen LogP contribution in [0.5, 0.6) is 0 Å². The number of fused-ring (bicyclic) bond motifs is 1. The normalized spacial score (nSPS) is 16.2. The maximum Gasteiger partial charge on any atom is 0.410 e. The van der Waals surface area contributed by atoms with Crippen LogP contribution < -0.4 is 0 Å². The van der Waals surface area contributed by atoms with Crippen molar-refractivity contribution in [1.29, 1.82) is 0 Å². The fraction of sp³-hybridized carbons (Fsp3) is 0.444. The highest BCUT2D eigenvalue weighted by molar-refractivity contribution is 8.02. The molecule has 0 radical (unpaired) electrons. The maximum absolute atomic E-state index is 13.0. The highest BCUT2D eigenvalue weighted by atomic mass is 32.3. The van der Waals surface area contributed by atoms with Gasteiger partial charge in [0.05, 0.1) is 23.7 Å². The molecule has 0 fully saturated rings. The predicted octanol–water partition coefficient (Wildman–Crippen LogP) is 2.69. The lowest BCUT2D eigenvalue weighted by molar-refractivity contribution is 0.0239. The van der Waals surface area contributed by atoms with E-state index < -0.39 is 31.6 Å². The standard InChI is InChI=1S/C18H24N4O5S2/c1-13-6-8-15(9-7-13)29(25,26)20-28(5,24)22-11-14-10-21(12-16(14)19-22)17(23)27-18(2,3)4/h6-9,11H,10,12H2,1-5H3. The summed E-state index contributed by atoms with van der Waals surface area (Å²) in [4.78, 5) is 13.6. The molecule has 158 valence electrons. The lowest BCUT2D eigenvalue weighted by atomic mass is 10.2. The lowest BCUT2D eigenvalue weighted by Gasteiger charge is -2.24. The van der Waals surface area contributed by atoms with Gasteiger partial charge in [-0.3, -0.25) is 4.90 Å². The van der Waals surface area contributed by atoms with Crippen molar-refractivity contribution in [2.45, 2.75) is 51.3 Å². The average molecular weight is 441 g/mol. The maximum atomic E-state index is 13.0. The molecule has 3 rings (SSSR count). The third kappa shape index (κ3) is 4.78. The molecule has 0 aliphatic carbocycles. The van der Waals surface area contributed by atoms with Gasteiger partial charge in [-0.25, -0.2) is 9.00 Å². The lowest BCUT2D eigenvalue weighted by Crippen LogP contribution is -2.33. The van der Waals surface area contributed by atoms with Gasteiger partial charge in [-0.05, 0) is 39.8 Å². The van der Waals surface area contributed by atoms with Crippen LogP contribution in [0, 0.1) is 6.92 Å². The summed E-state index contributed by atoms with van der Waals surface area (Å²) in [6.45, 7) is 7.61. The van der Waals surface area contributed by atoms with E-state index in [2.05, 4.69) is 8.87 Å². The van der Waals surface area contributed by atoms with Gasteiger partial charge in [0.1, 0.15) is 5.60 Å². The first kappa shape index (κ1) is 21.3. The van der Waals surface area contributed by atoms with Crippen molar-refractivity contribution in [3.63, 3.8) is 0 Å². The second-order valence-corrected chi connectivity index (χ2v) is 11.9. The van der Waals surface area contributed by atoms with Crippen LogP contribution in [0.25, 0.3) is 0 Å². The van der Waals surface area contributed by atoms with E-state index in [1.54, 1.807) is 32.9 Å². The Labute approximate surface area is 171 Å². The zero-order valence-corrected chi connectivity index (χ0v) is 18.6. The summed E-state index contributed by atoms with van der Waals surface area (Å²) in [5, 5.41) is 4.22.